The first-order valence-corrected chi connectivity index (χ1v) is 13.1. The molecule has 0 unspecified atom stereocenters. The molecule has 2 heterocycles. The Morgan fingerprint density at radius 2 is 2.00 bits per heavy atom. The number of nitrogens with zero attached hydrogens (tertiary/aromatic N) is 3. The van der Waals surface area contributed by atoms with Crippen molar-refractivity contribution in [3.8, 4) is 16.5 Å². The smallest absolute Gasteiger partial charge is 0.138 e. The summed E-state index contributed by atoms with van der Waals surface area (Å²) in [5.41, 5.74) is 2.52. The molecular weight excluding hydrogens is 449 g/mol. The van der Waals surface area contributed by atoms with E-state index < -0.39 is 17.7 Å². The van der Waals surface area contributed by atoms with Crippen LogP contribution in [-0.4, -0.2) is 40.7 Å². The molecule has 182 valence electrons. The minimum Gasteiger partial charge on any atom is -0.390 e. The van der Waals surface area contributed by atoms with Crippen molar-refractivity contribution >= 4 is 22.8 Å². The van der Waals surface area contributed by atoms with Gasteiger partial charge in [-0.05, 0) is 70.6 Å². The predicted octanol–water partition coefficient (Wildman–Crippen LogP) is 5.81. The van der Waals surface area contributed by atoms with Crippen LogP contribution in [0.5, 0.6) is 0 Å². The lowest BCUT2D eigenvalue weighted by Crippen LogP contribution is -2.42. The number of benzene rings is 1. The zero-order valence-corrected chi connectivity index (χ0v) is 21.1. The van der Waals surface area contributed by atoms with Crippen LogP contribution in [0.4, 0.5) is 10.1 Å². The van der Waals surface area contributed by atoms with E-state index in [-0.39, 0.29) is 30.5 Å². The number of aryl methyl sites for hydroxylation is 1. The van der Waals surface area contributed by atoms with Crippen LogP contribution in [0, 0.1) is 30.1 Å². The number of rotatable bonds is 6. The molecule has 2 aliphatic rings. The Balaban J connectivity index is 1.58. The molecule has 0 bridgehead atoms. The van der Waals surface area contributed by atoms with Crippen LogP contribution in [0.15, 0.2) is 24.3 Å². The monoisotopic (exact) mass is 483 g/mol. The van der Waals surface area contributed by atoms with Gasteiger partial charge in [-0.25, -0.2) is 9.37 Å². The van der Waals surface area contributed by atoms with E-state index in [0.29, 0.717) is 12.8 Å². The van der Waals surface area contributed by atoms with Gasteiger partial charge in [0.2, 0.25) is 0 Å². The molecule has 0 amide bonds. The molecule has 2 fully saturated rings. The van der Waals surface area contributed by atoms with Crippen LogP contribution < -0.4 is 4.90 Å². The Hall–Kier alpha value is -2.30. The minimum absolute atomic E-state index is 0.0191. The molecule has 1 N–H and O–H groups in total. The standard InChI is InChI=1S/C27H34FN3O2S/c1-17(16-29)14-24(32)23-15-20(28)6-9-22(23)25-26(34-18(2)30-25)19-4-7-21(8-5-19)31-12-10-27(3,33)11-13-31/h4-5,7-8,17,20,22-23,33H,6,9-15H2,1-3H3/t17-,20+,22-,23-/m1/s1. The highest BCUT2D eigenvalue weighted by atomic mass is 32.1. The summed E-state index contributed by atoms with van der Waals surface area (Å²) in [6.07, 6.45) is 1.95. The van der Waals surface area contributed by atoms with Gasteiger partial charge in [-0.2, -0.15) is 5.26 Å². The highest BCUT2D eigenvalue weighted by molar-refractivity contribution is 7.15. The number of ketones is 1. The second kappa shape index (κ2) is 10.1. The topological polar surface area (TPSA) is 77.2 Å². The summed E-state index contributed by atoms with van der Waals surface area (Å²) in [7, 11) is 0. The fourth-order valence-electron chi connectivity index (χ4n) is 5.27. The number of piperidine rings is 1. The largest absolute Gasteiger partial charge is 0.390 e. The number of aromatic nitrogens is 1. The zero-order chi connectivity index (χ0) is 24.5. The molecule has 5 nitrogen and oxygen atoms in total. The first-order chi connectivity index (χ1) is 16.2. The maximum Gasteiger partial charge on any atom is 0.138 e. The van der Waals surface area contributed by atoms with Gasteiger partial charge >= 0.3 is 0 Å². The minimum atomic E-state index is -0.977. The highest BCUT2D eigenvalue weighted by Crippen LogP contribution is 2.45. The lowest BCUT2D eigenvalue weighted by molar-refractivity contribution is -0.125. The van der Waals surface area contributed by atoms with Gasteiger partial charge in [-0.15, -0.1) is 11.3 Å². The van der Waals surface area contributed by atoms with Gasteiger partial charge in [0, 0.05) is 37.0 Å². The van der Waals surface area contributed by atoms with Gasteiger partial charge in [0.1, 0.15) is 12.0 Å². The molecule has 1 aliphatic heterocycles. The van der Waals surface area contributed by atoms with Crippen LogP contribution >= 0.6 is 11.3 Å². The van der Waals surface area contributed by atoms with Crippen LogP contribution in [0.3, 0.4) is 0 Å². The van der Waals surface area contributed by atoms with E-state index in [1.54, 1.807) is 18.3 Å². The summed E-state index contributed by atoms with van der Waals surface area (Å²) < 4.78 is 14.3. The molecule has 1 aromatic carbocycles. The van der Waals surface area contributed by atoms with E-state index in [2.05, 4.69) is 35.2 Å². The number of anilines is 1. The number of alkyl halides is 1. The van der Waals surface area contributed by atoms with Crippen molar-refractivity contribution in [3.05, 3.63) is 35.0 Å². The van der Waals surface area contributed by atoms with E-state index in [4.69, 9.17) is 10.2 Å². The highest BCUT2D eigenvalue weighted by Gasteiger charge is 2.39. The van der Waals surface area contributed by atoms with Crippen LogP contribution in [0.1, 0.15) is 69.0 Å². The van der Waals surface area contributed by atoms with Gasteiger partial charge in [0.15, 0.2) is 0 Å². The number of hydrogen-bond donors (Lipinski definition) is 1. The molecular formula is C27H34FN3O2S. The Labute approximate surface area is 205 Å². The third kappa shape index (κ3) is 5.50. The Morgan fingerprint density at radius 1 is 1.32 bits per heavy atom. The van der Waals surface area contributed by atoms with E-state index in [1.165, 1.54) is 0 Å². The summed E-state index contributed by atoms with van der Waals surface area (Å²) >= 11 is 1.62. The predicted molar refractivity (Wildman–Crippen MR) is 134 cm³/mol. The Kier molecular flexibility index (Phi) is 7.39. The second-order valence-electron chi connectivity index (χ2n) is 10.3. The Morgan fingerprint density at radius 3 is 2.65 bits per heavy atom. The molecule has 2 aromatic rings. The third-order valence-corrected chi connectivity index (χ3v) is 8.41. The zero-order valence-electron chi connectivity index (χ0n) is 20.3. The first-order valence-electron chi connectivity index (χ1n) is 12.3. The Bertz CT molecular complexity index is 1050. The summed E-state index contributed by atoms with van der Waals surface area (Å²) in [6.45, 7) is 7.27. The fourth-order valence-corrected chi connectivity index (χ4v) is 6.27. The molecule has 34 heavy (non-hydrogen) atoms. The van der Waals surface area contributed by atoms with Crippen molar-refractivity contribution in [2.24, 2.45) is 11.8 Å². The van der Waals surface area contributed by atoms with Crippen LogP contribution in [0.25, 0.3) is 10.4 Å². The summed E-state index contributed by atoms with van der Waals surface area (Å²) in [4.78, 5) is 21.2. The van der Waals surface area contributed by atoms with Crippen molar-refractivity contribution in [2.75, 3.05) is 18.0 Å². The van der Waals surface area contributed by atoms with E-state index in [1.807, 2.05) is 13.8 Å². The van der Waals surface area contributed by atoms with Crippen LogP contribution in [0.2, 0.25) is 0 Å². The van der Waals surface area contributed by atoms with Gasteiger partial charge in [-0.1, -0.05) is 12.1 Å². The quantitative estimate of drug-likeness (QED) is 0.561. The van der Waals surface area contributed by atoms with Crippen molar-refractivity contribution in [1.29, 1.82) is 5.26 Å². The average molecular weight is 484 g/mol. The number of aliphatic hydroxyl groups is 1. The number of carbonyl (C=O) groups is 1. The van der Waals surface area contributed by atoms with Crippen molar-refractivity contribution in [2.45, 2.75) is 77.0 Å². The van der Waals surface area contributed by atoms with Gasteiger partial charge in [0.25, 0.3) is 0 Å². The molecule has 1 aromatic heterocycles. The first kappa shape index (κ1) is 24.8. The molecule has 1 saturated heterocycles. The van der Waals surface area contributed by atoms with E-state index in [9.17, 15) is 14.3 Å². The van der Waals surface area contributed by atoms with Gasteiger partial charge in [-0.3, -0.25) is 4.79 Å². The normalized spacial score (nSPS) is 25.5. The van der Waals surface area contributed by atoms with Crippen molar-refractivity contribution in [1.82, 2.24) is 4.98 Å². The van der Waals surface area contributed by atoms with E-state index in [0.717, 1.165) is 52.8 Å². The van der Waals surface area contributed by atoms with Crippen molar-refractivity contribution in [3.63, 3.8) is 0 Å². The number of hydrogen-bond acceptors (Lipinski definition) is 6. The fraction of sp³-hybridized carbons (Fsp3) is 0.593. The SMILES string of the molecule is Cc1nc([C@@H]2CC[C@H](F)C[C@H]2C(=O)C[C@@H](C)C#N)c(-c2ccc(N3CCC(C)(O)CC3)cc2)s1. The van der Waals surface area contributed by atoms with Crippen LogP contribution in [-0.2, 0) is 4.79 Å². The molecule has 0 radical (unpaired) electrons. The maximum absolute atomic E-state index is 14.3. The van der Waals surface area contributed by atoms with Crippen molar-refractivity contribution < 1.29 is 14.3 Å². The van der Waals surface area contributed by atoms with E-state index >= 15 is 0 Å². The number of thiazole rings is 1. The number of carbonyl (C=O) groups excluding carboxylic acids is 1. The molecule has 1 aliphatic carbocycles. The lowest BCUT2D eigenvalue weighted by atomic mass is 9.72. The maximum atomic E-state index is 14.3. The molecule has 4 rings (SSSR count). The lowest BCUT2D eigenvalue weighted by Gasteiger charge is -2.37. The molecule has 7 heteroatoms. The van der Waals surface area contributed by atoms with Gasteiger partial charge in [0.05, 0.1) is 33.2 Å². The molecule has 0 spiro atoms. The number of nitriles is 1. The van der Waals surface area contributed by atoms with Gasteiger partial charge < -0.3 is 10.0 Å². The summed E-state index contributed by atoms with van der Waals surface area (Å²) in [5.74, 6) is -0.931. The molecule has 1 saturated carbocycles. The summed E-state index contributed by atoms with van der Waals surface area (Å²) in [5, 5.41) is 20.3. The number of Topliss-reactive ketones (excluding diaryl/α,β-unsaturated/α-hetero) is 1. The molecule has 4 atom stereocenters. The number of halogens is 1. The third-order valence-electron chi connectivity index (χ3n) is 7.37. The summed E-state index contributed by atoms with van der Waals surface area (Å²) in [6, 6.07) is 10.6. The average Bonchev–Trinajstić information content (AvgIpc) is 3.20. The second-order valence-corrected chi connectivity index (χ2v) is 11.5.